The zero-order valence-corrected chi connectivity index (χ0v) is 41.3. The molecule has 0 saturated carbocycles. The van der Waals surface area contributed by atoms with Crippen molar-refractivity contribution in [3.8, 4) is 45.9 Å². The molecule has 15 nitrogen and oxygen atoms in total. The van der Waals surface area contributed by atoms with Crippen LogP contribution in [0, 0.1) is 25.2 Å². The number of aryl methyl sites for hydroxylation is 1. The van der Waals surface area contributed by atoms with Gasteiger partial charge in [-0.15, -0.1) is 0 Å². The monoisotopic (exact) mass is 982 g/mol. The van der Waals surface area contributed by atoms with Crippen LogP contribution in [0.3, 0.4) is 0 Å². The van der Waals surface area contributed by atoms with Gasteiger partial charge in [0.2, 0.25) is 6.79 Å². The number of benzene rings is 5. The number of fused-ring (bicyclic) bond motifs is 12. The number of likely N-dealkylation sites (N-methyl/N-ethyl adjacent to an activating group) is 1. The number of hydrogen-bond donors (Lipinski definition) is 2. The molecule has 0 spiro atoms. The average Bonchev–Trinajstić information content (AvgIpc) is 4.00. The van der Waals surface area contributed by atoms with Crippen LogP contribution in [0.1, 0.15) is 68.1 Å². The van der Waals surface area contributed by atoms with Crippen molar-refractivity contribution in [1.82, 2.24) is 15.1 Å². The molecule has 1 fully saturated rings. The fourth-order valence-electron chi connectivity index (χ4n) is 11.5. The quantitative estimate of drug-likeness (QED) is 0.0523. The molecule has 16 heteroatoms. The van der Waals surface area contributed by atoms with Gasteiger partial charge in [-0.3, -0.25) is 9.80 Å². The molecule has 5 aliphatic rings. The molecule has 1 aliphatic carbocycles. The van der Waals surface area contributed by atoms with Gasteiger partial charge in [0.05, 0.1) is 38.5 Å². The molecule has 4 aliphatic heterocycles. The van der Waals surface area contributed by atoms with Crippen LogP contribution in [-0.2, 0) is 43.2 Å². The Morgan fingerprint density at radius 3 is 2.34 bits per heavy atom. The number of methoxy groups -OCH3 is 2. The molecular weight excluding hydrogens is 925 g/mol. The molecule has 1 saturated heterocycles. The van der Waals surface area contributed by atoms with Crippen LogP contribution in [0.4, 0.5) is 4.79 Å². The number of nitrogens with one attached hydrogen (secondary N) is 1. The van der Waals surface area contributed by atoms with E-state index in [1.807, 2.05) is 68.6 Å². The first-order valence-electron chi connectivity index (χ1n) is 24.0. The van der Waals surface area contributed by atoms with Crippen molar-refractivity contribution >= 4 is 23.8 Å². The van der Waals surface area contributed by atoms with E-state index in [2.05, 4.69) is 51.5 Å². The molecule has 5 aromatic rings. The highest BCUT2D eigenvalue weighted by Gasteiger charge is 2.57. The largest absolute Gasteiger partial charge is 0.507 e. The molecule has 370 valence electrons. The van der Waals surface area contributed by atoms with Gasteiger partial charge in [0.25, 0.3) is 0 Å². The Hall–Kier alpha value is -6.48. The van der Waals surface area contributed by atoms with Crippen LogP contribution in [0.15, 0.2) is 84.9 Å². The van der Waals surface area contributed by atoms with E-state index < -0.39 is 36.2 Å². The molecule has 2 bridgehead atoms. The Kier molecular flexibility index (Phi) is 14.0. The first-order chi connectivity index (χ1) is 34.6. The number of carbonyl (C=O) groups excluding carboxylic acids is 2. The number of nitriles is 1. The summed E-state index contributed by atoms with van der Waals surface area (Å²) in [6, 6.07) is 27.1. The number of nitrogens with zero attached hydrogens (tertiary/aromatic N) is 3. The van der Waals surface area contributed by atoms with Gasteiger partial charge < -0.3 is 48.3 Å². The fraction of sp³-hybridized carbons (Fsp3) is 0.400. The number of ether oxygens (including phenoxy) is 8. The molecule has 71 heavy (non-hydrogen) atoms. The van der Waals surface area contributed by atoms with E-state index >= 15 is 0 Å². The highest BCUT2D eigenvalue weighted by atomic mass is 32.2. The summed E-state index contributed by atoms with van der Waals surface area (Å²) in [6.07, 6.45) is 0.0579. The molecule has 4 heterocycles. The second-order valence-corrected chi connectivity index (χ2v) is 19.6. The second-order valence-electron chi connectivity index (χ2n) is 18.6. The van der Waals surface area contributed by atoms with Gasteiger partial charge in [-0.1, -0.05) is 84.9 Å². The Morgan fingerprint density at radius 1 is 0.901 bits per heavy atom. The summed E-state index contributed by atoms with van der Waals surface area (Å²) in [6.45, 7) is 4.14. The maximum Gasteiger partial charge on any atom is 0.408 e. The lowest BCUT2D eigenvalue weighted by atomic mass is 9.71. The fourth-order valence-corrected chi connectivity index (χ4v) is 12.7. The number of phenols is 1. The van der Waals surface area contributed by atoms with Crippen LogP contribution in [0.2, 0.25) is 0 Å². The lowest BCUT2D eigenvalue weighted by Gasteiger charge is -2.59. The number of phenolic OH excluding ortho intramolecular Hbond substituents is 1. The third-order valence-corrected chi connectivity index (χ3v) is 15.8. The zero-order chi connectivity index (χ0) is 49.3. The Bertz CT molecular complexity index is 2810. The van der Waals surface area contributed by atoms with Crippen LogP contribution in [0.25, 0.3) is 11.1 Å². The van der Waals surface area contributed by atoms with E-state index in [9.17, 15) is 20.0 Å². The zero-order valence-electron chi connectivity index (χ0n) is 40.5. The Morgan fingerprint density at radius 2 is 1.62 bits per heavy atom. The Labute approximate surface area is 417 Å². The number of thioether (sulfide) groups is 1. The minimum absolute atomic E-state index is 0.0109. The molecule has 0 radical (unpaired) electrons. The predicted octanol–water partition coefficient (Wildman–Crippen LogP) is 7.90. The maximum atomic E-state index is 14.8. The van der Waals surface area contributed by atoms with Crippen molar-refractivity contribution < 1.29 is 52.6 Å². The van der Waals surface area contributed by atoms with Crippen molar-refractivity contribution in [3.05, 3.63) is 135 Å². The summed E-state index contributed by atoms with van der Waals surface area (Å²) in [7, 11) is 5.24. The van der Waals surface area contributed by atoms with Gasteiger partial charge in [0.15, 0.2) is 29.8 Å². The molecule has 6 atom stereocenters. The van der Waals surface area contributed by atoms with Gasteiger partial charge in [-0.05, 0) is 72.7 Å². The number of aromatic hydroxyl groups is 1. The standard InChI is InChI=1S/C55H58N4O11S/c1-31-21-34-22-42-44(24-56)59-43(48(58(42)3)46(34)52(50(31)64-5)68-29-65-20-19-63-4)23-39-47(53-51(69-30-70-53)32(2)49(39)60)45(59)26-66-54(61)41(57-55(62)67-25-33-13-7-6-8-14-33)28-71-27-40-37-17-11-9-15-35(37)36-16-10-12-18-38(36)40/h6-18,21,40-45,48,60H,19-20,22-23,25-30H2,1-5H3,(H,57,62)/t41-,42+,43?,44+,45+,48+/m1/s1. The van der Waals surface area contributed by atoms with Crippen molar-refractivity contribution in [2.75, 3.05) is 66.2 Å². The summed E-state index contributed by atoms with van der Waals surface area (Å²) in [5.74, 6) is 2.24. The van der Waals surface area contributed by atoms with E-state index in [1.165, 1.54) is 22.3 Å². The molecule has 0 aromatic heterocycles. The number of piperazine rings is 1. The van der Waals surface area contributed by atoms with Gasteiger partial charge in [0, 0.05) is 58.9 Å². The minimum Gasteiger partial charge on any atom is -0.507 e. The molecular formula is C55H58N4O11S. The Balaban J connectivity index is 0.983. The number of amides is 1. The number of esters is 1. The average molecular weight is 983 g/mol. The maximum absolute atomic E-state index is 14.8. The van der Waals surface area contributed by atoms with E-state index in [0.29, 0.717) is 71.5 Å². The summed E-state index contributed by atoms with van der Waals surface area (Å²) >= 11 is 1.55. The van der Waals surface area contributed by atoms with E-state index in [-0.39, 0.29) is 56.3 Å². The lowest BCUT2D eigenvalue weighted by molar-refractivity contribution is -0.150. The highest BCUT2D eigenvalue weighted by Crippen LogP contribution is 2.58. The molecule has 1 unspecified atom stereocenters. The summed E-state index contributed by atoms with van der Waals surface area (Å²) in [4.78, 5) is 32.7. The van der Waals surface area contributed by atoms with Crippen molar-refractivity contribution in [2.45, 2.75) is 75.5 Å². The van der Waals surface area contributed by atoms with Gasteiger partial charge in [-0.25, -0.2) is 9.59 Å². The topological polar surface area (TPSA) is 171 Å². The van der Waals surface area contributed by atoms with Crippen molar-refractivity contribution in [2.24, 2.45) is 0 Å². The van der Waals surface area contributed by atoms with Crippen LogP contribution in [0.5, 0.6) is 28.7 Å². The van der Waals surface area contributed by atoms with E-state index in [4.69, 9.17) is 37.9 Å². The predicted molar refractivity (Wildman–Crippen MR) is 265 cm³/mol. The number of rotatable bonds is 17. The van der Waals surface area contributed by atoms with Crippen molar-refractivity contribution in [3.63, 3.8) is 0 Å². The van der Waals surface area contributed by atoms with Crippen LogP contribution < -0.4 is 24.3 Å². The number of carbonyl (C=O) groups is 2. The first-order valence-corrected chi connectivity index (χ1v) is 25.1. The minimum atomic E-state index is -1.11. The van der Waals surface area contributed by atoms with Crippen molar-refractivity contribution in [1.29, 1.82) is 5.26 Å². The summed E-state index contributed by atoms with van der Waals surface area (Å²) in [5.41, 5.74) is 10.2. The molecule has 2 N–H and O–H groups in total. The SMILES string of the molecule is COCCOCOc1c(OC)c(C)cc2c1[C@@H]1C3Cc4c(O)c(C)c5c(c4[C@H](COC(=O)[C@@H](CSCC4c6ccccc6-c6ccccc64)NC(=O)OCc4ccccc4)N3[C@@H](C#N)[C@H](C2)N1C)OCO5. The van der Waals surface area contributed by atoms with Gasteiger partial charge in [-0.2, -0.15) is 17.0 Å². The third kappa shape index (κ3) is 8.88. The molecule has 1 amide bonds. The van der Waals surface area contributed by atoms with Crippen LogP contribution >= 0.6 is 11.8 Å². The van der Waals surface area contributed by atoms with Crippen LogP contribution in [-0.4, -0.2) is 117 Å². The highest BCUT2D eigenvalue weighted by molar-refractivity contribution is 7.99. The van der Waals surface area contributed by atoms with Gasteiger partial charge >= 0.3 is 12.1 Å². The molecule has 10 rings (SSSR count). The first kappa shape index (κ1) is 48.2. The van der Waals surface area contributed by atoms with E-state index in [1.54, 1.807) is 32.9 Å². The van der Waals surface area contributed by atoms with Gasteiger partial charge in [0.1, 0.15) is 31.0 Å². The molecule has 5 aromatic carbocycles. The smallest absolute Gasteiger partial charge is 0.408 e. The lowest BCUT2D eigenvalue weighted by Crippen LogP contribution is -2.68. The number of hydrogen-bond acceptors (Lipinski definition) is 15. The number of alkyl carbamates (subject to hydrolysis) is 1. The third-order valence-electron chi connectivity index (χ3n) is 14.7. The van der Waals surface area contributed by atoms with E-state index in [0.717, 1.165) is 22.3 Å². The summed E-state index contributed by atoms with van der Waals surface area (Å²) < 4.78 is 47.7. The second kappa shape index (κ2) is 20.7. The summed E-state index contributed by atoms with van der Waals surface area (Å²) in [5, 5.41) is 26.2. The normalized spacial score (nSPS) is 20.9.